The third kappa shape index (κ3) is 4.11. The molecule has 0 radical (unpaired) electrons. The maximum Gasteiger partial charge on any atom is 0.251 e. The Morgan fingerprint density at radius 3 is 2.67 bits per heavy atom. The monoisotopic (exact) mass is 304 g/mol. The second-order valence-corrected chi connectivity index (χ2v) is 5.02. The van der Waals surface area contributed by atoms with Gasteiger partial charge < -0.3 is 16.5 Å². The summed E-state index contributed by atoms with van der Waals surface area (Å²) >= 11 is 5.91. The highest BCUT2D eigenvalue weighted by Gasteiger charge is 2.07. The number of carbonyl (C=O) groups excluding carboxylic acids is 1. The van der Waals surface area contributed by atoms with E-state index in [9.17, 15) is 4.79 Å². The number of nitrogen functional groups attached to an aromatic ring is 2. The normalized spacial score (nSPS) is 10.2. The fraction of sp³-hybridized carbons (Fsp3) is 0.133. The molecule has 2 rings (SSSR count). The van der Waals surface area contributed by atoms with Crippen molar-refractivity contribution >= 4 is 28.9 Å². The van der Waals surface area contributed by atoms with Gasteiger partial charge in [-0.15, -0.1) is 0 Å². The molecule has 0 unspecified atom stereocenters. The van der Waals surface area contributed by atoms with Gasteiger partial charge >= 0.3 is 0 Å². The maximum absolute atomic E-state index is 12.0. The summed E-state index contributed by atoms with van der Waals surface area (Å²) in [6, 6.07) is 12.5. The highest BCUT2D eigenvalue weighted by Crippen LogP contribution is 2.18. The van der Waals surface area contributed by atoms with E-state index in [0.717, 1.165) is 5.56 Å². The molecule has 0 heterocycles. The van der Waals surface area contributed by atoms with Crippen LogP contribution in [0.4, 0.5) is 11.4 Å². The number of hydrogen-bond acceptors (Lipinski definition) is 4. The van der Waals surface area contributed by atoms with Gasteiger partial charge in [0.2, 0.25) is 0 Å². The molecule has 6 heteroatoms. The lowest BCUT2D eigenvalue weighted by molar-refractivity contribution is 0.0954. The van der Waals surface area contributed by atoms with Crippen LogP contribution < -0.4 is 22.3 Å². The first-order chi connectivity index (χ1) is 10.1. The number of hydrazine groups is 1. The number of rotatable bonds is 5. The van der Waals surface area contributed by atoms with Gasteiger partial charge in [0.1, 0.15) is 0 Å². The Bertz CT molecular complexity index is 645. The Balaban J connectivity index is 1.91. The molecule has 0 spiro atoms. The first kappa shape index (κ1) is 15.2. The van der Waals surface area contributed by atoms with E-state index in [1.807, 2.05) is 24.3 Å². The molecule has 2 aromatic rings. The van der Waals surface area contributed by atoms with Crippen molar-refractivity contribution in [2.75, 3.05) is 17.7 Å². The van der Waals surface area contributed by atoms with Gasteiger partial charge in [0.05, 0.1) is 11.4 Å². The summed E-state index contributed by atoms with van der Waals surface area (Å²) in [7, 11) is 0. The number of nitrogens with one attached hydrogen (secondary N) is 2. The van der Waals surface area contributed by atoms with Crippen molar-refractivity contribution in [1.29, 1.82) is 0 Å². The van der Waals surface area contributed by atoms with Crippen LogP contribution in [0, 0.1) is 0 Å². The molecule has 0 atom stereocenters. The Morgan fingerprint density at radius 1 is 1.19 bits per heavy atom. The topological polar surface area (TPSA) is 93.2 Å². The summed E-state index contributed by atoms with van der Waals surface area (Å²) in [6.45, 7) is 0.524. The van der Waals surface area contributed by atoms with Crippen LogP contribution in [0.3, 0.4) is 0 Å². The summed E-state index contributed by atoms with van der Waals surface area (Å²) in [4.78, 5) is 12.0. The van der Waals surface area contributed by atoms with E-state index < -0.39 is 0 Å². The number of hydrogen-bond donors (Lipinski definition) is 4. The van der Waals surface area contributed by atoms with Crippen molar-refractivity contribution in [3.05, 3.63) is 58.6 Å². The molecule has 21 heavy (non-hydrogen) atoms. The number of benzene rings is 2. The summed E-state index contributed by atoms with van der Waals surface area (Å²) in [5.41, 5.74) is 10.8. The smallest absolute Gasteiger partial charge is 0.251 e. The van der Waals surface area contributed by atoms with Crippen LogP contribution in [-0.2, 0) is 6.42 Å². The fourth-order valence-electron chi connectivity index (χ4n) is 1.95. The fourth-order valence-corrected chi connectivity index (χ4v) is 2.16. The highest BCUT2D eigenvalue weighted by molar-refractivity contribution is 6.30. The minimum absolute atomic E-state index is 0.174. The van der Waals surface area contributed by atoms with Crippen molar-refractivity contribution in [2.24, 2.45) is 5.84 Å². The van der Waals surface area contributed by atoms with Crippen LogP contribution >= 0.6 is 11.6 Å². The van der Waals surface area contributed by atoms with Gasteiger partial charge in [-0.05, 0) is 42.3 Å². The average molecular weight is 305 g/mol. The molecule has 0 bridgehead atoms. The van der Waals surface area contributed by atoms with Crippen LogP contribution in [0.5, 0.6) is 0 Å². The molecule has 0 aliphatic rings. The number of amides is 1. The number of halogens is 1. The van der Waals surface area contributed by atoms with Crippen LogP contribution in [0.1, 0.15) is 15.9 Å². The van der Waals surface area contributed by atoms with Crippen molar-refractivity contribution in [2.45, 2.75) is 6.42 Å². The number of anilines is 2. The van der Waals surface area contributed by atoms with Crippen LogP contribution in [0.25, 0.3) is 0 Å². The maximum atomic E-state index is 12.0. The number of carbonyl (C=O) groups is 1. The molecular weight excluding hydrogens is 288 g/mol. The molecular formula is C15H17ClN4O. The van der Waals surface area contributed by atoms with Crippen molar-refractivity contribution < 1.29 is 4.79 Å². The van der Waals surface area contributed by atoms with E-state index in [2.05, 4.69) is 10.7 Å². The molecule has 6 N–H and O–H groups in total. The Hall–Kier alpha value is -2.24. The Morgan fingerprint density at radius 2 is 2.00 bits per heavy atom. The van der Waals surface area contributed by atoms with Gasteiger partial charge in [0.25, 0.3) is 5.91 Å². The summed E-state index contributed by atoms with van der Waals surface area (Å²) < 4.78 is 0. The predicted molar refractivity (Wildman–Crippen MR) is 86.2 cm³/mol. The zero-order valence-electron chi connectivity index (χ0n) is 11.4. The van der Waals surface area contributed by atoms with Gasteiger partial charge in [0.15, 0.2) is 0 Å². The standard InChI is InChI=1S/C15H17ClN4O/c16-12-3-1-2-10(8-12)6-7-19-15(21)11-4-5-14(20-18)13(17)9-11/h1-5,8-9,20H,6-7,17-18H2,(H,19,21). The highest BCUT2D eigenvalue weighted by atomic mass is 35.5. The molecule has 0 aliphatic heterocycles. The largest absolute Gasteiger partial charge is 0.397 e. The third-order valence-corrected chi connectivity index (χ3v) is 3.29. The minimum Gasteiger partial charge on any atom is -0.397 e. The molecule has 0 aliphatic carbocycles. The lowest BCUT2D eigenvalue weighted by atomic mass is 10.1. The van der Waals surface area contributed by atoms with E-state index in [1.165, 1.54) is 0 Å². The van der Waals surface area contributed by atoms with E-state index >= 15 is 0 Å². The van der Waals surface area contributed by atoms with Crippen LogP contribution in [0.2, 0.25) is 5.02 Å². The van der Waals surface area contributed by atoms with Crippen molar-refractivity contribution in [1.82, 2.24) is 5.32 Å². The van der Waals surface area contributed by atoms with Gasteiger partial charge in [-0.3, -0.25) is 10.6 Å². The lowest BCUT2D eigenvalue weighted by Gasteiger charge is -2.09. The number of nitrogens with two attached hydrogens (primary N) is 2. The minimum atomic E-state index is -0.174. The second kappa shape index (κ2) is 6.97. The SMILES string of the molecule is NNc1ccc(C(=O)NCCc2cccc(Cl)c2)cc1N. The zero-order valence-corrected chi connectivity index (χ0v) is 12.2. The summed E-state index contributed by atoms with van der Waals surface area (Å²) in [6.07, 6.45) is 0.713. The molecule has 0 aromatic heterocycles. The van der Waals surface area contributed by atoms with Crippen LogP contribution in [0.15, 0.2) is 42.5 Å². The molecule has 2 aromatic carbocycles. The molecule has 110 valence electrons. The predicted octanol–water partition coefficient (Wildman–Crippen LogP) is 2.18. The van der Waals surface area contributed by atoms with Crippen molar-refractivity contribution in [3.8, 4) is 0 Å². The Labute approximate surface area is 128 Å². The quantitative estimate of drug-likeness (QED) is 0.387. The van der Waals surface area contributed by atoms with Crippen molar-refractivity contribution in [3.63, 3.8) is 0 Å². The average Bonchev–Trinajstić information content (AvgIpc) is 2.47. The molecule has 0 saturated carbocycles. The summed E-state index contributed by atoms with van der Waals surface area (Å²) in [5.74, 6) is 5.12. The van der Waals surface area contributed by atoms with Gasteiger partial charge in [-0.25, -0.2) is 0 Å². The van der Waals surface area contributed by atoms with E-state index in [-0.39, 0.29) is 5.91 Å². The molecule has 1 amide bonds. The first-order valence-corrected chi connectivity index (χ1v) is 6.86. The molecule has 0 saturated heterocycles. The van der Waals surface area contributed by atoms with E-state index in [1.54, 1.807) is 18.2 Å². The van der Waals surface area contributed by atoms with Gasteiger partial charge in [-0.1, -0.05) is 23.7 Å². The molecule has 5 nitrogen and oxygen atoms in total. The second-order valence-electron chi connectivity index (χ2n) is 4.58. The molecule has 0 fully saturated rings. The van der Waals surface area contributed by atoms with Crippen LogP contribution in [-0.4, -0.2) is 12.5 Å². The summed E-state index contributed by atoms with van der Waals surface area (Å²) in [5, 5.41) is 3.53. The van der Waals surface area contributed by atoms with E-state index in [0.29, 0.717) is 34.9 Å². The lowest BCUT2D eigenvalue weighted by Crippen LogP contribution is -2.25. The third-order valence-electron chi connectivity index (χ3n) is 3.06. The Kier molecular flexibility index (Phi) is 5.03. The van der Waals surface area contributed by atoms with Gasteiger partial charge in [0, 0.05) is 17.1 Å². The van der Waals surface area contributed by atoms with E-state index in [4.69, 9.17) is 23.2 Å². The zero-order chi connectivity index (χ0) is 15.2. The van der Waals surface area contributed by atoms with Gasteiger partial charge in [-0.2, -0.15) is 0 Å². The first-order valence-electron chi connectivity index (χ1n) is 6.49.